The number of hydrogen-bond acceptors (Lipinski definition) is 7. The molecule has 0 saturated carbocycles. The van der Waals surface area contributed by atoms with Crippen LogP contribution in [0.5, 0.6) is 0 Å². The lowest BCUT2D eigenvalue weighted by Crippen LogP contribution is -2.54. The standard InChI is InChI=1S/C21H15ClF3N5O4S/c1-29-17-15(19(32)30(2)20(29)33)18(28-16(27-17)13-4-3-7-34-13)35-9-14(31)26-12-8-10(21(23,24)25)5-6-11(12)22/h3-8,15H,9H2,1-2H3/p+1. The van der Waals surface area contributed by atoms with Crippen molar-refractivity contribution in [3.8, 4) is 0 Å². The zero-order chi connectivity index (χ0) is 25.5. The van der Waals surface area contributed by atoms with Crippen LogP contribution in [-0.4, -0.2) is 63.9 Å². The lowest BCUT2D eigenvalue weighted by molar-refractivity contribution is -0.407. The molecule has 2 aliphatic heterocycles. The summed E-state index contributed by atoms with van der Waals surface area (Å²) < 4.78 is 45.5. The van der Waals surface area contributed by atoms with E-state index in [1.807, 2.05) is 0 Å². The summed E-state index contributed by atoms with van der Waals surface area (Å²) in [6.45, 7) is 0. The van der Waals surface area contributed by atoms with Crippen LogP contribution in [0.1, 0.15) is 11.3 Å². The number of urea groups is 1. The third kappa shape index (κ3) is 4.86. The minimum atomic E-state index is -4.61. The van der Waals surface area contributed by atoms with Crippen molar-refractivity contribution in [2.45, 2.75) is 6.18 Å². The number of imide groups is 1. The van der Waals surface area contributed by atoms with Gasteiger partial charge in [-0.25, -0.2) is 9.79 Å². The van der Waals surface area contributed by atoms with E-state index in [1.54, 1.807) is 12.1 Å². The number of alkyl halides is 3. The second kappa shape index (κ2) is 9.30. The highest BCUT2D eigenvalue weighted by molar-refractivity contribution is 8.14. The summed E-state index contributed by atoms with van der Waals surface area (Å²) in [6, 6.07) is 5.18. The molecule has 1 aromatic heterocycles. The fraction of sp³-hybridized carbons (Fsp3) is 0.238. The number of anilines is 1. The largest absolute Gasteiger partial charge is 0.459 e. The van der Waals surface area contributed by atoms with E-state index in [0.29, 0.717) is 0 Å². The van der Waals surface area contributed by atoms with E-state index in [2.05, 4.69) is 15.3 Å². The molecule has 182 valence electrons. The summed E-state index contributed by atoms with van der Waals surface area (Å²) in [4.78, 5) is 47.5. The summed E-state index contributed by atoms with van der Waals surface area (Å²) in [5.41, 5.74) is -1.18. The molecule has 1 aromatic carbocycles. The van der Waals surface area contributed by atoms with Gasteiger partial charge in [-0.15, -0.1) is 0 Å². The van der Waals surface area contributed by atoms with Crippen molar-refractivity contribution in [3.63, 3.8) is 0 Å². The molecule has 1 unspecified atom stereocenters. The lowest BCUT2D eigenvalue weighted by Gasteiger charge is -2.26. The number of carbonyl (C=O) groups excluding carboxylic acids is 3. The van der Waals surface area contributed by atoms with Gasteiger partial charge in [-0.1, -0.05) is 28.4 Å². The highest BCUT2D eigenvalue weighted by atomic mass is 35.5. The van der Waals surface area contributed by atoms with Crippen molar-refractivity contribution in [2.24, 2.45) is 15.9 Å². The van der Waals surface area contributed by atoms with Gasteiger partial charge >= 0.3 is 18.1 Å². The first-order chi connectivity index (χ1) is 16.5. The number of nitrogens with one attached hydrogen (secondary N) is 1. The summed E-state index contributed by atoms with van der Waals surface area (Å²) in [5, 5.41) is 2.45. The van der Waals surface area contributed by atoms with Gasteiger partial charge in [0.15, 0.2) is 11.7 Å². The molecule has 0 aliphatic carbocycles. The van der Waals surface area contributed by atoms with Gasteiger partial charge in [0.2, 0.25) is 5.91 Å². The van der Waals surface area contributed by atoms with Crippen LogP contribution in [0, 0.1) is 5.92 Å². The van der Waals surface area contributed by atoms with Crippen molar-refractivity contribution >= 4 is 63.6 Å². The van der Waals surface area contributed by atoms with Gasteiger partial charge in [0.1, 0.15) is 5.04 Å². The molecule has 1 atom stereocenters. The minimum absolute atomic E-state index is 0.0709. The zero-order valence-electron chi connectivity index (χ0n) is 18.1. The van der Waals surface area contributed by atoms with Crippen LogP contribution < -0.4 is 5.32 Å². The Morgan fingerprint density at radius 1 is 1.29 bits per heavy atom. The molecule has 9 nitrogen and oxygen atoms in total. The average molecular weight is 527 g/mol. The molecule has 2 aliphatic rings. The Morgan fingerprint density at radius 3 is 2.69 bits per heavy atom. The van der Waals surface area contributed by atoms with Crippen LogP contribution in [0.25, 0.3) is 0 Å². The van der Waals surface area contributed by atoms with Crippen LogP contribution in [0.4, 0.5) is 23.7 Å². The third-order valence-electron chi connectivity index (χ3n) is 5.10. The number of fused-ring (bicyclic) bond motifs is 1. The first kappa shape index (κ1) is 24.7. The maximum absolute atomic E-state index is 13.0. The van der Waals surface area contributed by atoms with Gasteiger partial charge in [0.05, 0.1) is 42.4 Å². The number of amidine groups is 2. The van der Waals surface area contributed by atoms with Crippen LogP contribution >= 0.6 is 23.4 Å². The molecule has 0 saturated heterocycles. The monoisotopic (exact) mass is 526 g/mol. The summed E-state index contributed by atoms with van der Waals surface area (Å²) in [6.07, 6.45) is -3.21. The Morgan fingerprint density at radius 2 is 2.03 bits per heavy atom. The van der Waals surface area contributed by atoms with E-state index in [-0.39, 0.29) is 38.9 Å². The van der Waals surface area contributed by atoms with Crippen molar-refractivity contribution in [1.82, 2.24) is 4.90 Å². The number of hydrogen-bond donors (Lipinski definition) is 1. The number of halogens is 4. The van der Waals surface area contributed by atoms with Crippen molar-refractivity contribution in [2.75, 3.05) is 25.2 Å². The van der Waals surface area contributed by atoms with E-state index in [0.717, 1.165) is 34.9 Å². The molecule has 14 heteroatoms. The Labute approximate surface area is 205 Å². The van der Waals surface area contributed by atoms with E-state index in [9.17, 15) is 27.6 Å². The minimum Gasteiger partial charge on any atom is -0.459 e. The molecule has 0 spiro atoms. The predicted octanol–water partition coefficient (Wildman–Crippen LogP) is 3.73. The second-order valence-electron chi connectivity index (χ2n) is 7.42. The number of aliphatic imine (C=N–C) groups is 2. The van der Waals surface area contributed by atoms with Crippen LogP contribution in [0.3, 0.4) is 0 Å². The first-order valence-electron chi connectivity index (χ1n) is 9.90. The molecule has 4 rings (SSSR count). The van der Waals surface area contributed by atoms with Gasteiger partial charge in [0, 0.05) is 0 Å². The van der Waals surface area contributed by atoms with Gasteiger partial charge < -0.3 is 9.73 Å². The average Bonchev–Trinajstić information content (AvgIpc) is 3.35. The Bertz CT molecular complexity index is 1320. The van der Waals surface area contributed by atoms with Gasteiger partial charge in [-0.05, 0) is 30.3 Å². The Hall–Kier alpha value is -3.45. The van der Waals surface area contributed by atoms with E-state index in [4.69, 9.17) is 16.0 Å². The number of benzene rings is 1. The van der Waals surface area contributed by atoms with Crippen molar-refractivity contribution in [3.05, 3.63) is 52.9 Å². The molecule has 1 N–H and O–H groups in total. The quantitative estimate of drug-likeness (QED) is 0.611. The molecule has 0 fully saturated rings. The summed E-state index contributed by atoms with van der Waals surface area (Å²) >= 11 is 6.82. The third-order valence-corrected chi connectivity index (χ3v) is 6.46. The topological polar surface area (TPSA) is 107 Å². The number of thioether (sulfide) groups is 1. The van der Waals surface area contributed by atoms with Crippen molar-refractivity contribution in [1.29, 1.82) is 0 Å². The number of amides is 4. The number of nitrogens with zero attached hydrogens (tertiary/aromatic N) is 4. The van der Waals surface area contributed by atoms with Crippen LogP contribution in [0.15, 0.2) is 51.0 Å². The fourth-order valence-corrected chi connectivity index (χ4v) is 4.37. The lowest BCUT2D eigenvalue weighted by atomic mass is 10.0. The Balaban J connectivity index is 1.59. The number of rotatable bonds is 4. The van der Waals surface area contributed by atoms with E-state index in [1.165, 1.54) is 24.9 Å². The molecule has 2 aromatic rings. The summed E-state index contributed by atoms with van der Waals surface area (Å²) in [5.74, 6) is -2.13. The van der Waals surface area contributed by atoms with Gasteiger partial charge in [-0.3, -0.25) is 9.59 Å². The van der Waals surface area contributed by atoms with Crippen LogP contribution in [0.2, 0.25) is 5.02 Å². The molecule has 35 heavy (non-hydrogen) atoms. The van der Waals surface area contributed by atoms with Crippen LogP contribution in [-0.2, 0) is 15.8 Å². The first-order valence-corrected chi connectivity index (χ1v) is 11.3. The maximum Gasteiger partial charge on any atom is 0.445 e. The SMILES string of the molecule is CN1C(=O)C2C(SCC(=O)Nc3cc(C(F)(F)F)ccc3Cl)=NC(c3ccco3)=NC2=[N+](C)C1=O. The second-order valence-corrected chi connectivity index (χ2v) is 8.82. The molecule has 4 amide bonds. The number of furan rings is 1. The van der Waals surface area contributed by atoms with E-state index < -0.39 is 35.5 Å². The fourth-order valence-electron chi connectivity index (χ4n) is 3.33. The smallest absolute Gasteiger partial charge is 0.445 e. The number of carbonyl (C=O) groups is 3. The normalized spacial score (nSPS) is 18.3. The molecule has 3 heterocycles. The van der Waals surface area contributed by atoms with E-state index >= 15 is 0 Å². The highest BCUT2D eigenvalue weighted by Gasteiger charge is 2.49. The maximum atomic E-state index is 13.0. The molecular weight excluding hydrogens is 511 g/mol. The molecule has 0 radical (unpaired) electrons. The summed E-state index contributed by atoms with van der Waals surface area (Å²) in [7, 11) is 2.77. The highest BCUT2D eigenvalue weighted by Crippen LogP contribution is 2.34. The Kier molecular flexibility index (Phi) is 6.56. The van der Waals surface area contributed by atoms with Crippen molar-refractivity contribution < 1.29 is 36.5 Å². The molecule has 0 bridgehead atoms. The zero-order valence-corrected chi connectivity index (χ0v) is 19.7. The van der Waals surface area contributed by atoms with Gasteiger partial charge in [0.25, 0.3) is 11.7 Å². The predicted molar refractivity (Wildman–Crippen MR) is 123 cm³/mol. The molecular formula is C21H16ClF3N5O4S+. The van der Waals surface area contributed by atoms with Gasteiger partial charge in [-0.2, -0.15) is 22.6 Å².